The zero-order chi connectivity index (χ0) is 12.5. The molecule has 0 spiro atoms. The van der Waals surface area contributed by atoms with Gasteiger partial charge in [0.1, 0.15) is 5.75 Å². The molecule has 0 bridgehead atoms. The number of nitrogens with one attached hydrogen (secondary N) is 1. The number of ether oxygens (including phenoxy) is 1. The van der Waals surface area contributed by atoms with E-state index in [0.29, 0.717) is 18.8 Å². The highest BCUT2D eigenvalue weighted by Crippen LogP contribution is 2.17. The number of carbonyl (C=O) groups is 1. The predicted octanol–water partition coefficient (Wildman–Crippen LogP) is 2.10. The van der Waals surface area contributed by atoms with Crippen LogP contribution in [0.4, 0.5) is 0 Å². The van der Waals surface area contributed by atoms with E-state index in [1.165, 1.54) is 0 Å². The van der Waals surface area contributed by atoms with Gasteiger partial charge < -0.3 is 15.8 Å². The van der Waals surface area contributed by atoms with Gasteiger partial charge in [0.2, 0.25) is 0 Å². The van der Waals surface area contributed by atoms with Crippen molar-refractivity contribution in [1.82, 2.24) is 5.32 Å². The number of nitrogens with two attached hydrogens (primary N) is 1. The molecule has 0 aliphatic rings. The number of benzene rings is 1. The van der Waals surface area contributed by atoms with Crippen molar-refractivity contribution in [2.75, 3.05) is 19.7 Å². The average molecular weight is 338 g/mol. The Labute approximate surface area is 122 Å². The van der Waals surface area contributed by atoms with E-state index in [1.807, 2.05) is 24.3 Å². The van der Waals surface area contributed by atoms with Gasteiger partial charge in [-0.25, -0.2) is 0 Å². The Bertz CT molecular complexity index is 364. The van der Waals surface area contributed by atoms with E-state index in [1.54, 1.807) is 0 Å². The van der Waals surface area contributed by atoms with Crippen LogP contribution in [0.15, 0.2) is 28.7 Å². The van der Waals surface area contributed by atoms with Crippen molar-refractivity contribution in [3.05, 3.63) is 28.7 Å². The number of amides is 1. The Morgan fingerprint density at radius 2 is 2.17 bits per heavy atom. The molecule has 1 aromatic rings. The van der Waals surface area contributed by atoms with Crippen LogP contribution in [-0.2, 0) is 4.79 Å². The summed E-state index contributed by atoms with van der Waals surface area (Å²) in [6, 6.07) is 7.40. The van der Waals surface area contributed by atoms with E-state index in [4.69, 9.17) is 10.5 Å². The lowest BCUT2D eigenvalue weighted by Crippen LogP contribution is -2.29. The van der Waals surface area contributed by atoms with Crippen molar-refractivity contribution < 1.29 is 9.53 Å². The lowest BCUT2D eigenvalue weighted by Gasteiger charge is -2.07. The maximum Gasteiger partial charge on any atom is 0.257 e. The molecule has 4 nitrogen and oxygen atoms in total. The minimum atomic E-state index is -0.109. The van der Waals surface area contributed by atoms with Gasteiger partial charge in [-0.1, -0.05) is 22.0 Å². The quantitative estimate of drug-likeness (QED) is 0.749. The molecule has 0 atom stereocenters. The summed E-state index contributed by atoms with van der Waals surface area (Å²) in [4.78, 5) is 11.4. The molecule has 6 heteroatoms. The van der Waals surface area contributed by atoms with Crippen LogP contribution in [-0.4, -0.2) is 25.6 Å². The van der Waals surface area contributed by atoms with Crippen LogP contribution in [0.2, 0.25) is 0 Å². The molecule has 18 heavy (non-hydrogen) atoms. The summed E-state index contributed by atoms with van der Waals surface area (Å²) >= 11 is 3.34. The molecule has 0 aliphatic heterocycles. The first-order valence-electron chi connectivity index (χ1n) is 5.57. The van der Waals surface area contributed by atoms with Gasteiger partial charge in [0.15, 0.2) is 6.61 Å². The molecule has 0 saturated heterocycles. The Kier molecular flexibility index (Phi) is 9.73. The van der Waals surface area contributed by atoms with Gasteiger partial charge >= 0.3 is 0 Å². The summed E-state index contributed by atoms with van der Waals surface area (Å²) in [6.45, 7) is 1.35. The molecule has 0 aromatic heterocycles. The molecule has 0 fully saturated rings. The summed E-state index contributed by atoms with van der Waals surface area (Å²) in [5, 5.41) is 2.77. The first kappa shape index (κ1) is 17.2. The number of halogens is 2. The van der Waals surface area contributed by atoms with Crippen LogP contribution in [0.1, 0.15) is 12.8 Å². The lowest BCUT2D eigenvalue weighted by molar-refractivity contribution is -0.123. The molecule has 0 heterocycles. The minimum absolute atomic E-state index is 0. The van der Waals surface area contributed by atoms with Crippen LogP contribution in [0.5, 0.6) is 5.75 Å². The van der Waals surface area contributed by atoms with Crippen LogP contribution in [0, 0.1) is 0 Å². The van der Waals surface area contributed by atoms with Crippen molar-refractivity contribution in [1.29, 1.82) is 0 Å². The molecule has 102 valence electrons. The van der Waals surface area contributed by atoms with E-state index in [0.717, 1.165) is 17.3 Å². The Morgan fingerprint density at radius 3 is 2.83 bits per heavy atom. The summed E-state index contributed by atoms with van der Waals surface area (Å²) in [7, 11) is 0. The molecule has 0 radical (unpaired) electrons. The van der Waals surface area contributed by atoms with E-state index >= 15 is 0 Å². The molecule has 0 unspecified atom stereocenters. The van der Waals surface area contributed by atoms with Crippen LogP contribution < -0.4 is 15.8 Å². The van der Waals surface area contributed by atoms with Crippen molar-refractivity contribution >= 4 is 34.2 Å². The maximum atomic E-state index is 11.4. The van der Waals surface area contributed by atoms with Crippen LogP contribution in [0.3, 0.4) is 0 Å². The topological polar surface area (TPSA) is 64.3 Å². The van der Waals surface area contributed by atoms with E-state index in [9.17, 15) is 4.79 Å². The molecule has 1 rings (SSSR count). The summed E-state index contributed by atoms with van der Waals surface area (Å²) in [6.07, 6.45) is 1.83. The second-order valence-electron chi connectivity index (χ2n) is 3.59. The number of carbonyl (C=O) groups excluding carboxylic acids is 1. The van der Waals surface area contributed by atoms with Crippen LogP contribution >= 0.6 is 28.3 Å². The van der Waals surface area contributed by atoms with Crippen molar-refractivity contribution in [3.63, 3.8) is 0 Å². The largest absolute Gasteiger partial charge is 0.484 e. The predicted molar refractivity (Wildman–Crippen MR) is 78.2 cm³/mol. The Hall–Kier alpha value is -0.780. The Balaban J connectivity index is 0.00000289. The molecule has 3 N–H and O–H groups in total. The highest BCUT2D eigenvalue weighted by molar-refractivity contribution is 9.10. The fourth-order valence-corrected chi connectivity index (χ4v) is 1.63. The summed E-state index contributed by atoms with van der Waals surface area (Å²) in [5.41, 5.74) is 5.35. The van der Waals surface area contributed by atoms with Gasteiger partial charge in [-0.3, -0.25) is 4.79 Å². The van der Waals surface area contributed by atoms with Gasteiger partial charge in [0.25, 0.3) is 5.91 Å². The second-order valence-corrected chi connectivity index (χ2v) is 4.51. The number of hydrogen-bond acceptors (Lipinski definition) is 3. The minimum Gasteiger partial charge on any atom is -0.484 e. The lowest BCUT2D eigenvalue weighted by atomic mass is 10.3. The smallest absolute Gasteiger partial charge is 0.257 e. The number of hydrogen-bond donors (Lipinski definition) is 2. The molecule has 1 aromatic carbocycles. The second kappa shape index (κ2) is 10.2. The molecular weight excluding hydrogens is 320 g/mol. The highest BCUT2D eigenvalue weighted by Gasteiger charge is 2.02. The van der Waals surface area contributed by atoms with E-state index in [-0.39, 0.29) is 24.9 Å². The molecular formula is C12H18BrClN2O2. The third-order valence-electron chi connectivity index (χ3n) is 2.12. The third kappa shape index (κ3) is 7.53. The van der Waals surface area contributed by atoms with Gasteiger partial charge in [0.05, 0.1) is 0 Å². The van der Waals surface area contributed by atoms with E-state index < -0.39 is 0 Å². The SMILES string of the molecule is Cl.NCCCCNC(=O)COc1cccc(Br)c1. The average Bonchev–Trinajstić information content (AvgIpc) is 2.32. The first-order chi connectivity index (χ1) is 8.22. The maximum absolute atomic E-state index is 11.4. The van der Waals surface area contributed by atoms with Crippen molar-refractivity contribution in [3.8, 4) is 5.75 Å². The molecule has 0 aliphatic carbocycles. The fraction of sp³-hybridized carbons (Fsp3) is 0.417. The number of unbranched alkanes of at least 4 members (excludes halogenated alkanes) is 1. The third-order valence-corrected chi connectivity index (χ3v) is 2.61. The summed E-state index contributed by atoms with van der Waals surface area (Å²) in [5.74, 6) is 0.568. The number of rotatable bonds is 7. The highest BCUT2D eigenvalue weighted by atomic mass is 79.9. The van der Waals surface area contributed by atoms with E-state index in [2.05, 4.69) is 21.2 Å². The normalized spacial score (nSPS) is 9.44. The fourth-order valence-electron chi connectivity index (χ4n) is 1.25. The molecule has 0 saturated carbocycles. The van der Waals surface area contributed by atoms with Gasteiger partial charge in [-0.05, 0) is 37.6 Å². The Morgan fingerprint density at radius 1 is 1.39 bits per heavy atom. The molecule has 1 amide bonds. The monoisotopic (exact) mass is 336 g/mol. The van der Waals surface area contributed by atoms with Gasteiger partial charge in [0, 0.05) is 11.0 Å². The van der Waals surface area contributed by atoms with Crippen molar-refractivity contribution in [2.45, 2.75) is 12.8 Å². The summed E-state index contributed by atoms with van der Waals surface area (Å²) < 4.78 is 6.27. The standard InChI is InChI=1S/C12H17BrN2O2.ClH/c13-10-4-3-5-11(8-10)17-9-12(16)15-7-2-1-6-14;/h3-5,8H,1-2,6-7,9,14H2,(H,15,16);1H. The van der Waals surface area contributed by atoms with Crippen molar-refractivity contribution in [2.24, 2.45) is 5.73 Å². The van der Waals surface area contributed by atoms with Crippen LogP contribution in [0.25, 0.3) is 0 Å². The zero-order valence-electron chi connectivity index (χ0n) is 10.0. The zero-order valence-corrected chi connectivity index (χ0v) is 12.4. The van der Waals surface area contributed by atoms with Gasteiger partial charge in [-0.15, -0.1) is 12.4 Å². The first-order valence-corrected chi connectivity index (χ1v) is 6.37. The van der Waals surface area contributed by atoms with Gasteiger partial charge in [-0.2, -0.15) is 0 Å².